The second kappa shape index (κ2) is 12.0. The van der Waals surface area contributed by atoms with E-state index >= 15 is 0 Å². The summed E-state index contributed by atoms with van der Waals surface area (Å²) >= 11 is 6.26. The minimum atomic E-state index is -1.06. The monoisotopic (exact) mass is 562 g/mol. The molecule has 0 radical (unpaired) electrons. The first kappa shape index (κ1) is 29.0. The molecule has 0 bridgehead atoms. The molecule has 2 N–H and O–H groups in total. The summed E-state index contributed by atoms with van der Waals surface area (Å²) in [6, 6.07) is 18.7. The number of aliphatic carboxylic acids is 1. The molecule has 2 atom stereocenters. The van der Waals surface area contributed by atoms with Gasteiger partial charge in [0.2, 0.25) is 0 Å². The Morgan fingerprint density at radius 1 is 0.950 bits per heavy atom. The predicted octanol–water partition coefficient (Wildman–Crippen LogP) is 7.09. The second-order valence-corrected chi connectivity index (χ2v) is 10.7. The topological polar surface area (TPSA) is 89.8 Å². The molecule has 0 saturated carbocycles. The Labute approximate surface area is 239 Å². The summed E-state index contributed by atoms with van der Waals surface area (Å²) in [5.74, 6) is -0.0770. The highest BCUT2D eigenvalue weighted by Crippen LogP contribution is 2.31. The highest BCUT2D eigenvalue weighted by atomic mass is 35.5. The molecule has 0 aliphatic carbocycles. The Hall–Kier alpha value is -3.97. The maximum absolute atomic E-state index is 13.2. The molecule has 4 rings (SSSR count). The third kappa shape index (κ3) is 6.42. The summed E-state index contributed by atoms with van der Waals surface area (Å²) < 4.78 is 13.4. The second-order valence-electron chi connectivity index (χ2n) is 10.3. The maximum Gasteiger partial charge on any atom is 0.344 e. The van der Waals surface area contributed by atoms with Gasteiger partial charge in [-0.25, -0.2) is 4.79 Å². The molecule has 7 nitrogen and oxygen atoms in total. The van der Waals surface area contributed by atoms with Gasteiger partial charge >= 0.3 is 5.97 Å². The number of fused-ring (bicyclic) bond motifs is 1. The van der Waals surface area contributed by atoms with Crippen LogP contribution in [0.2, 0.25) is 5.02 Å². The van der Waals surface area contributed by atoms with Crippen LogP contribution in [0.1, 0.15) is 66.5 Å². The van der Waals surface area contributed by atoms with Crippen LogP contribution in [0.5, 0.6) is 11.5 Å². The van der Waals surface area contributed by atoms with E-state index in [1.165, 1.54) is 6.92 Å². The minimum Gasteiger partial charge on any atom is -0.491 e. The van der Waals surface area contributed by atoms with E-state index in [0.717, 1.165) is 39.0 Å². The molecule has 0 fully saturated rings. The molecule has 0 unspecified atom stereocenters. The third-order valence-electron chi connectivity index (χ3n) is 6.99. The molecular weight excluding hydrogens is 528 g/mol. The largest absolute Gasteiger partial charge is 0.491 e. The number of rotatable bonds is 10. The van der Waals surface area contributed by atoms with Gasteiger partial charge in [-0.1, -0.05) is 29.8 Å². The van der Waals surface area contributed by atoms with Crippen LogP contribution < -0.4 is 14.8 Å². The molecule has 0 saturated heterocycles. The van der Waals surface area contributed by atoms with Gasteiger partial charge in [0.25, 0.3) is 5.91 Å². The normalized spacial score (nSPS) is 12.8. The summed E-state index contributed by atoms with van der Waals surface area (Å²) in [4.78, 5) is 24.4. The van der Waals surface area contributed by atoms with E-state index in [9.17, 15) is 14.7 Å². The number of carboxylic acids is 1. The number of amides is 1. The lowest BCUT2D eigenvalue weighted by atomic mass is 10.1. The zero-order valence-electron chi connectivity index (χ0n) is 23.6. The summed E-state index contributed by atoms with van der Waals surface area (Å²) in [5, 5.41) is 13.6. The van der Waals surface area contributed by atoms with Crippen molar-refractivity contribution in [1.82, 2.24) is 9.88 Å². The number of hydrogen-bond acceptors (Lipinski definition) is 4. The third-order valence-corrected chi connectivity index (χ3v) is 7.30. The number of carbonyl (C=O) groups is 2. The van der Waals surface area contributed by atoms with Gasteiger partial charge in [-0.15, -0.1) is 0 Å². The number of ether oxygens (including phenoxy) is 2. The Bertz CT molecular complexity index is 1540. The van der Waals surface area contributed by atoms with Gasteiger partial charge in [-0.2, -0.15) is 0 Å². The first-order valence-electron chi connectivity index (χ1n) is 13.3. The van der Waals surface area contributed by atoms with Gasteiger partial charge in [-0.3, -0.25) is 4.79 Å². The zero-order valence-corrected chi connectivity index (χ0v) is 24.4. The van der Waals surface area contributed by atoms with Crippen LogP contribution in [0, 0.1) is 13.8 Å². The first-order valence-corrected chi connectivity index (χ1v) is 13.7. The van der Waals surface area contributed by atoms with Crippen molar-refractivity contribution < 1.29 is 24.2 Å². The number of hydrogen-bond donors (Lipinski definition) is 2. The fourth-order valence-electron chi connectivity index (χ4n) is 4.63. The number of aryl methyl sites for hydroxylation is 1. The molecule has 3 aromatic carbocycles. The molecule has 40 heavy (non-hydrogen) atoms. The lowest BCUT2D eigenvalue weighted by molar-refractivity contribution is -0.144. The molecule has 1 heterocycles. The predicted molar refractivity (Wildman–Crippen MR) is 158 cm³/mol. The van der Waals surface area contributed by atoms with Crippen LogP contribution in [0.25, 0.3) is 10.9 Å². The lowest BCUT2D eigenvalue weighted by Gasteiger charge is -2.16. The van der Waals surface area contributed by atoms with Crippen molar-refractivity contribution in [3.63, 3.8) is 0 Å². The molecule has 0 aliphatic heterocycles. The highest BCUT2D eigenvalue weighted by molar-refractivity contribution is 6.32. The lowest BCUT2D eigenvalue weighted by Crippen LogP contribution is -2.26. The Balaban J connectivity index is 1.54. The van der Waals surface area contributed by atoms with Gasteiger partial charge < -0.3 is 24.5 Å². The number of carbonyl (C=O) groups excluding carboxylic acids is 1. The number of carboxylic acid groups (broad SMARTS) is 1. The Kier molecular flexibility index (Phi) is 8.74. The SMILES string of the molecule is Cc1c(C)n(Cc2ccc(Cl)c(O[C@@H](C)C(=O)O)c2)c2ccc(C(=O)N[C@@H](C)c3ccc(OC(C)C)cc3)cc12. The fourth-order valence-corrected chi connectivity index (χ4v) is 4.79. The van der Waals surface area contributed by atoms with E-state index in [0.29, 0.717) is 22.9 Å². The summed E-state index contributed by atoms with van der Waals surface area (Å²) in [6.45, 7) is 12.0. The number of aromatic nitrogens is 1. The first-order chi connectivity index (χ1) is 18.9. The van der Waals surface area contributed by atoms with Crippen molar-refractivity contribution in [2.45, 2.75) is 66.3 Å². The summed E-state index contributed by atoms with van der Waals surface area (Å²) in [6.07, 6.45) is -0.917. The van der Waals surface area contributed by atoms with Crippen molar-refractivity contribution in [2.75, 3.05) is 0 Å². The number of nitrogens with one attached hydrogen (secondary N) is 1. The van der Waals surface area contributed by atoms with E-state index in [1.54, 1.807) is 12.1 Å². The average Bonchev–Trinajstić information content (AvgIpc) is 3.14. The standard InChI is InChI=1S/C32H35ClN2O5/c1-18(2)39-26-11-8-24(9-12-26)20(4)34-31(36)25-10-14-29-27(16-25)19(3)21(5)35(29)17-23-7-13-28(33)30(15-23)40-22(6)32(37)38/h7-16,18,20,22H,17H2,1-6H3,(H,34,36)(H,37,38)/t20-,22-/m0/s1. The van der Waals surface area contributed by atoms with Crippen LogP contribution in [0.4, 0.5) is 0 Å². The highest BCUT2D eigenvalue weighted by Gasteiger charge is 2.18. The van der Waals surface area contributed by atoms with Gasteiger partial charge in [0.05, 0.1) is 17.2 Å². The van der Waals surface area contributed by atoms with Crippen LogP contribution in [-0.2, 0) is 11.3 Å². The molecule has 0 aliphatic rings. The van der Waals surface area contributed by atoms with Crippen molar-refractivity contribution >= 4 is 34.4 Å². The van der Waals surface area contributed by atoms with Gasteiger partial charge in [-0.05, 0) is 101 Å². The van der Waals surface area contributed by atoms with Crippen molar-refractivity contribution in [1.29, 1.82) is 0 Å². The fraction of sp³-hybridized carbons (Fsp3) is 0.312. The zero-order chi connectivity index (χ0) is 29.1. The van der Waals surface area contributed by atoms with E-state index < -0.39 is 12.1 Å². The van der Waals surface area contributed by atoms with E-state index in [4.69, 9.17) is 21.1 Å². The van der Waals surface area contributed by atoms with Crippen LogP contribution in [-0.4, -0.2) is 33.8 Å². The summed E-state index contributed by atoms with van der Waals surface area (Å²) in [7, 11) is 0. The number of benzene rings is 3. The van der Waals surface area contributed by atoms with Crippen molar-refractivity contribution in [3.05, 3.63) is 93.6 Å². The Morgan fingerprint density at radius 2 is 1.65 bits per heavy atom. The van der Waals surface area contributed by atoms with Gasteiger partial charge in [0, 0.05) is 28.7 Å². The smallest absolute Gasteiger partial charge is 0.344 e. The van der Waals surface area contributed by atoms with Crippen LogP contribution >= 0.6 is 11.6 Å². The molecule has 8 heteroatoms. The quantitative estimate of drug-likeness (QED) is 0.215. The maximum atomic E-state index is 13.2. The number of nitrogens with zero attached hydrogens (tertiary/aromatic N) is 1. The summed E-state index contributed by atoms with van der Waals surface area (Å²) in [5.41, 5.74) is 5.65. The van der Waals surface area contributed by atoms with Gasteiger partial charge in [0.15, 0.2) is 6.10 Å². The molecule has 4 aromatic rings. The number of halogens is 1. The van der Waals surface area contributed by atoms with Crippen molar-refractivity contribution in [3.8, 4) is 11.5 Å². The Morgan fingerprint density at radius 3 is 2.30 bits per heavy atom. The van der Waals surface area contributed by atoms with E-state index in [-0.39, 0.29) is 18.1 Å². The minimum absolute atomic E-state index is 0.102. The van der Waals surface area contributed by atoms with Gasteiger partial charge in [0.1, 0.15) is 11.5 Å². The van der Waals surface area contributed by atoms with Crippen LogP contribution in [0.15, 0.2) is 60.7 Å². The molecule has 1 amide bonds. The van der Waals surface area contributed by atoms with E-state index in [2.05, 4.69) is 9.88 Å². The molecule has 1 aromatic heterocycles. The molecule has 0 spiro atoms. The van der Waals surface area contributed by atoms with Crippen molar-refractivity contribution in [2.24, 2.45) is 0 Å². The van der Waals surface area contributed by atoms with Crippen LogP contribution in [0.3, 0.4) is 0 Å². The van der Waals surface area contributed by atoms with E-state index in [1.807, 2.05) is 83.1 Å². The molecule has 210 valence electrons. The molecular formula is C32H35ClN2O5. The average molecular weight is 563 g/mol.